The van der Waals surface area contributed by atoms with Crippen LogP contribution in [0.4, 0.5) is 8.78 Å². The van der Waals surface area contributed by atoms with Crippen LogP contribution in [0.3, 0.4) is 0 Å². The molecule has 0 radical (unpaired) electrons. The van der Waals surface area contributed by atoms with Crippen molar-refractivity contribution in [1.29, 1.82) is 0 Å². The molecule has 8 heteroatoms. The zero-order valence-corrected chi connectivity index (χ0v) is 18.1. The summed E-state index contributed by atoms with van der Waals surface area (Å²) in [4.78, 5) is 6.83. The monoisotopic (exact) mass is 495 g/mol. The fraction of sp³-hybridized carbons (Fsp3) is 0.389. The normalized spacial score (nSPS) is 12.5. The molecule has 1 atom stereocenters. The van der Waals surface area contributed by atoms with Crippen molar-refractivity contribution in [1.82, 2.24) is 10.6 Å². The number of guanidine groups is 1. The Kier molecular flexibility index (Phi) is 9.85. The number of alkyl halides is 2. The zero-order valence-electron chi connectivity index (χ0n) is 15.0. The minimum absolute atomic E-state index is 0. The Labute approximate surface area is 174 Å². The SMILES string of the molecule is CN=C(NCc1cccc(OC(F)F)c1)NC(C)Cc1ccc(C)s1.I. The first kappa shape index (κ1) is 22.6. The second-order valence-electron chi connectivity index (χ2n) is 5.71. The van der Waals surface area contributed by atoms with Crippen LogP contribution in [-0.4, -0.2) is 25.7 Å². The Morgan fingerprint density at radius 1 is 1.27 bits per heavy atom. The Bertz CT molecular complexity index is 709. The predicted octanol–water partition coefficient (Wildman–Crippen LogP) is 4.57. The van der Waals surface area contributed by atoms with Gasteiger partial charge in [-0.1, -0.05) is 12.1 Å². The molecule has 2 rings (SSSR count). The summed E-state index contributed by atoms with van der Waals surface area (Å²) < 4.78 is 29.0. The van der Waals surface area contributed by atoms with Gasteiger partial charge < -0.3 is 15.4 Å². The molecule has 26 heavy (non-hydrogen) atoms. The van der Waals surface area contributed by atoms with Gasteiger partial charge in [0.25, 0.3) is 0 Å². The topological polar surface area (TPSA) is 45.7 Å². The highest BCUT2D eigenvalue weighted by molar-refractivity contribution is 14.0. The fourth-order valence-electron chi connectivity index (χ4n) is 2.39. The summed E-state index contributed by atoms with van der Waals surface area (Å²) in [5, 5.41) is 6.52. The van der Waals surface area contributed by atoms with Gasteiger partial charge in [-0.25, -0.2) is 0 Å². The number of hydrogen-bond acceptors (Lipinski definition) is 3. The molecule has 0 aliphatic heterocycles. The molecule has 0 bridgehead atoms. The predicted molar refractivity (Wildman–Crippen MR) is 114 cm³/mol. The Morgan fingerprint density at radius 2 is 2.04 bits per heavy atom. The number of hydrogen-bond donors (Lipinski definition) is 2. The van der Waals surface area contributed by atoms with Crippen molar-refractivity contribution in [2.45, 2.75) is 39.5 Å². The van der Waals surface area contributed by atoms with Gasteiger partial charge in [0.2, 0.25) is 0 Å². The molecule has 1 heterocycles. The number of benzene rings is 1. The lowest BCUT2D eigenvalue weighted by Crippen LogP contribution is -2.42. The lowest BCUT2D eigenvalue weighted by molar-refractivity contribution is -0.0498. The van der Waals surface area contributed by atoms with Crippen molar-refractivity contribution >= 4 is 41.3 Å². The highest BCUT2D eigenvalue weighted by Crippen LogP contribution is 2.17. The second kappa shape index (κ2) is 11.3. The van der Waals surface area contributed by atoms with E-state index in [1.807, 2.05) is 6.07 Å². The number of aryl methyl sites for hydroxylation is 1. The number of halogens is 3. The number of aliphatic imine (C=N–C) groups is 1. The average Bonchev–Trinajstić information content (AvgIpc) is 2.96. The summed E-state index contributed by atoms with van der Waals surface area (Å²) in [5.41, 5.74) is 0.836. The molecule has 144 valence electrons. The smallest absolute Gasteiger partial charge is 0.387 e. The summed E-state index contributed by atoms with van der Waals surface area (Å²) in [5.74, 6) is 0.819. The molecule has 2 N–H and O–H groups in total. The van der Waals surface area contributed by atoms with E-state index in [1.165, 1.54) is 15.8 Å². The van der Waals surface area contributed by atoms with Gasteiger partial charge in [0, 0.05) is 35.8 Å². The molecule has 2 aromatic rings. The molecule has 1 aromatic carbocycles. The molecular formula is C18H24F2IN3OS. The van der Waals surface area contributed by atoms with Gasteiger partial charge in [-0.05, 0) is 43.7 Å². The molecule has 0 fully saturated rings. The summed E-state index contributed by atoms with van der Waals surface area (Å²) in [7, 11) is 1.70. The number of nitrogens with zero attached hydrogens (tertiary/aromatic N) is 1. The van der Waals surface area contributed by atoms with Gasteiger partial charge in [0.1, 0.15) is 5.75 Å². The minimum atomic E-state index is -2.82. The molecule has 0 amide bonds. The molecular weight excluding hydrogens is 471 g/mol. The minimum Gasteiger partial charge on any atom is -0.435 e. The highest BCUT2D eigenvalue weighted by atomic mass is 127. The third-order valence-corrected chi connectivity index (χ3v) is 4.52. The van der Waals surface area contributed by atoms with E-state index in [0.29, 0.717) is 12.5 Å². The van der Waals surface area contributed by atoms with Gasteiger partial charge in [0.05, 0.1) is 0 Å². The van der Waals surface area contributed by atoms with Crippen LogP contribution < -0.4 is 15.4 Å². The first-order valence-corrected chi connectivity index (χ1v) is 8.84. The van der Waals surface area contributed by atoms with Gasteiger partial charge in [-0.15, -0.1) is 35.3 Å². The molecule has 0 saturated carbocycles. The molecule has 1 aromatic heterocycles. The van der Waals surface area contributed by atoms with Gasteiger partial charge in [-0.3, -0.25) is 4.99 Å². The number of rotatable bonds is 7. The van der Waals surface area contributed by atoms with Gasteiger partial charge in [-0.2, -0.15) is 8.78 Å². The molecule has 0 spiro atoms. The van der Waals surface area contributed by atoms with Crippen molar-refractivity contribution in [3.05, 3.63) is 51.7 Å². The zero-order chi connectivity index (χ0) is 18.2. The maximum absolute atomic E-state index is 12.3. The van der Waals surface area contributed by atoms with E-state index in [-0.39, 0.29) is 35.8 Å². The maximum atomic E-state index is 12.3. The van der Waals surface area contributed by atoms with E-state index in [4.69, 9.17) is 0 Å². The average molecular weight is 495 g/mol. The second-order valence-corrected chi connectivity index (χ2v) is 7.09. The van der Waals surface area contributed by atoms with E-state index in [1.54, 1.807) is 30.5 Å². The van der Waals surface area contributed by atoms with E-state index in [9.17, 15) is 8.78 Å². The Morgan fingerprint density at radius 3 is 2.65 bits per heavy atom. The molecule has 1 unspecified atom stereocenters. The molecule has 0 saturated heterocycles. The van der Waals surface area contributed by atoms with Crippen LogP contribution in [0.2, 0.25) is 0 Å². The van der Waals surface area contributed by atoms with Crippen LogP contribution in [0.15, 0.2) is 41.4 Å². The fourth-order valence-corrected chi connectivity index (χ4v) is 3.41. The van der Waals surface area contributed by atoms with E-state index in [2.05, 4.69) is 46.3 Å². The summed E-state index contributed by atoms with van der Waals surface area (Å²) in [6, 6.07) is 11.1. The van der Waals surface area contributed by atoms with Crippen molar-refractivity contribution in [3.8, 4) is 5.75 Å². The van der Waals surface area contributed by atoms with Crippen LogP contribution >= 0.6 is 35.3 Å². The van der Waals surface area contributed by atoms with Gasteiger partial charge in [0.15, 0.2) is 5.96 Å². The number of nitrogens with one attached hydrogen (secondary N) is 2. The Hall–Kier alpha value is -1.42. The first-order chi connectivity index (χ1) is 12.0. The van der Waals surface area contributed by atoms with E-state index >= 15 is 0 Å². The molecule has 0 aliphatic rings. The van der Waals surface area contributed by atoms with Crippen molar-refractivity contribution in [2.75, 3.05) is 7.05 Å². The van der Waals surface area contributed by atoms with Crippen LogP contribution in [0.5, 0.6) is 5.75 Å². The Balaban J connectivity index is 0.00000338. The third-order valence-electron chi connectivity index (χ3n) is 3.49. The van der Waals surface area contributed by atoms with Crippen LogP contribution in [0.1, 0.15) is 22.2 Å². The first-order valence-electron chi connectivity index (χ1n) is 8.02. The summed E-state index contributed by atoms with van der Waals surface area (Å²) in [6.07, 6.45) is 0.914. The maximum Gasteiger partial charge on any atom is 0.387 e. The van der Waals surface area contributed by atoms with Crippen LogP contribution in [0.25, 0.3) is 0 Å². The van der Waals surface area contributed by atoms with E-state index < -0.39 is 6.61 Å². The van der Waals surface area contributed by atoms with Crippen LogP contribution in [0, 0.1) is 6.92 Å². The lowest BCUT2D eigenvalue weighted by Gasteiger charge is -2.17. The van der Waals surface area contributed by atoms with Crippen molar-refractivity contribution in [2.24, 2.45) is 4.99 Å². The quantitative estimate of drug-likeness (QED) is 0.336. The molecule has 0 aliphatic carbocycles. The van der Waals surface area contributed by atoms with Crippen molar-refractivity contribution in [3.63, 3.8) is 0 Å². The van der Waals surface area contributed by atoms with Crippen LogP contribution in [-0.2, 0) is 13.0 Å². The molecule has 4 nitrogen and oxygen atoms in total. The largest absolute Gasteiger partial charge is 0.435 e. The number of thiophene rings is 1. The van der Waals surface area contributed by atoms with E-state index in [0.717, 1.165) is 12.0 Å². The number of ether oxygens (including phenoxy) is 1. The highest BCUT2D eigenvalue weighted by Gasteiger charge is 2.09. The van der Waals surface area contributed by atoms with Crippen molar-refractivity contribution < 1.29 is 13.5 Å². The standard InChI is InChI=1S/C18H23F2N3OS.HI/c1-12(9-16-8-7-13(2)25-16)23-18(21-3)22-11-14-5-4-6-15(10-14)24-17(19)20;/h4-8,10,12,17H,9,11H2,1-3H3,(H2,21,22,23);1H. The summed E-state index contributed by atoms with van der Waals surface area (Å²) in [6.45, 7) is 1.84. The third kappa shape index (κ3) is 7.86. The van der Waals surface area contributed by atoms with Gasteiger partial charge >= 0.3 is 6.61 Å². The lowest BCUT2D eigenvalue weighted by atomic mass is 10.2. The summed E-state index contributed by atoms with van der Waals surface area (Å²) >= 11 is 1.79.